The lowest BCUT2D eigenvalue weighted by Gasteiger charge is -2.19. The zero-order valence-electron chi connectivity index (χ0n) is 7.93. The van der Waals surface area contributed by atoms with E-state index >= 15 is 0 Å². The van der Waals surface area contributed by atoms with Crippen molar-refractivity contribution in [3.8, 4) is 0 Å². The van der Waals surface area contributed by atoms with Crippen molar-refractivity contribution in [2.24, 2.45) is 0 Å². The molecule has 0 aliphatic carbocycles. The van der Waals surface area contributed by atoms with Gasteiger partial charge in [0.15, 0.2) is 0 Å². The second kappa shape index (κ2) is 4.81. The topological polar surface area (TPSA) is 12.0 Å². The number of nitrogens with one attached hydrogen (secondary N) is 1. The van der Waals surface area contributed by atoms with Crippen LogP contribution in [0.1, 0.15) is 26.7 Å². The summed E-state index contributed by atoms with van der Waals surface area (Å²) in [5, 5.41) is 3.39. The Kier molecular flexibility index (Phi) is 3.65. The average Bonchev–Trinajstić information content (AvgIpc) is 2.15. The van der Waals surface area contributed by atoms with E-state index in [-0.39, 0.29) is 0 Å². The molecule has 0 amide bonds. The minimum Gasteiger partial charge on any atom is -0.385 e. The molecule has 1 fully saturated rings. The molecule has 0 aromatic heterocycles. The minimum absolute atomic E-state index is 1.12. The van der Waals surface area contributed by atoms with E-state index in [0.717, 1.165) is 6.54 Å². The van der Waals surface area contributed by atoms with Gasteiger partial charge in [-0.3, -0.25) is 0 Å². The van der Waals surface area contributed by atoms with E-state index in [1.165, 1.54) is 24.1 Å². The van der Waals surface area contributed by atoms with Gasteiger partial charge in [0.05, 0.1) is 0 Å². The van der Waals surface area contributed by atoms with E-state index < -0.39 is 0 Å². The van der Waals surface area contributed by atoms with Crippen LogP contribution in [0.5, 0.6) is 0 Å². The monoisotopic (exact) mass is 163 g/mol. The number of hydrogen-bond donors (Lipinski definition) is 1. The minimum atomic E-state index is 1.12. The maximum Gasteiger partial charge on any atom is 0.0329 e. The van der Waals surface area contributed by atoms with Gasteiger partial charge in [-0.25, -0.2) is 0 Å². The van der Waals surface area contributed by atoms with E-state index in [4.69, 9.17) is 0 Å². The first-order chi connectivity index (χ1) is 5.88. The first-order valence-electron chi connectivity index (χ1n) is 4.61. The maximum atomic E-state index is 3.39. The van der Waals surface area contributed by atoms with Crippen LogP contribution in [0.15, 0.2) is 35.6 Å². The van der Waals surface area contributed by atoms with Crippen molar-refractivity contribution in [1.82, 2.24) is 5.32 Å². The molecule has 0 unspecified atom stereocenters. The molecular weight excluding hydrogens is 146 g/mol. The Morgan fingerprint density at radius 2 is 2.17 bits per heavy atom. The van der Waals surface area contributed by atoms with Gasteiger partial charge in [0, 0.05) is 12.2 Å². The molecule has 0 aromatic carbocycles. The van der Waals surface area contributed by atoms with Gasteiger partial charge in [0.2, 0.25) is 0 Å². The maximum absolute atomic E-state index is 3.39. The molecular formula is C11H17N. The third kappa shape index (κ3) is 2.26. The van der Waals surface area contributed by atoms with Crippen LogP contribution < -0.4 is 5.32 Å². The quantitative estimate of drug-likeness (QED) is 0.626. The zero-order chi connectivity index (χ0) is 8.81. The van der Waals surface area contributed by atoms with Crippen LogP contribution in [0, 0.1) is 0 Å². The van der Waals surface area contributed by atoms with Crippen LogP contribution in [0.25, 0.3) is 0 Å². The number of allylic oxidation sites excluding steroid dienone is 5. The lowest BCUT2D eigenvalue weighted by molar-refractivity contribution is 0.668. The summed E-state index contributed by atoms with van der Waals surface area (Å²) in [6.07, 6.45) is 11.0. The van der Waals surface area contributed by atoms with Gasteiger partial charge in [-0.15, -0.1) is 0 Å². The fraction of sp³-hybridized carbons (Fsp3) is 0.455. The number of hydrogen-bond acceptors (Lipinski definition) is 1. The lowest BCUT2D eigenvalue weighted by atomic mass is 10.0. The molecule has 1 heteroatoms. The number of piperidine rings is 1. The standard InChI is InChI=1S/C11H17N/c1-3-5-7-10-8-6-9-12-11(10)4-2/h3-5,7,12H,6,8-9H2,1-2H3/b5-3-,10-7-,11-4+. The van der Waals surface area contributed by atoms with Crippen molar-refractivity contribution >= 4 is 0 Å². The van der Waals surface area contributed by atoms with E-state index in [1.54, 1.807) is 0 Å². The lowest BCUT2D eigenvalue weighted by Crippen LogP contribution is -2.21. The second-order valence-corrected chi connectivity index (χ2v) is 2.95. The molecule has 1 saturated heterocycles. The first kappa shape index (κ1) is 9.11. The first-order valence-corrected chi connectivity index (χ1v) is 4.61. The predicted octanol–water partition coefficient (Wildman–Crippen LogP) is 2.78. The van der Waals surface area contributed by atoms with Crippen LogP contribution in [-0.4, -0.2) is 6.54 Å². The highest BCUT2D eigenvalue weighted by molar-refractivity contribution is 5.33. The van der Waals surface area contributed by atoms with Gasteiger partial charge >= 0.3 is 0 Å². The SMILES string of the molecule is C\C=C/C=C1/CCCN/C1=C/C. The van der Waals surface area contributed by atoms with Crippen molar-refractivity contribution in [3.05, 3.63) is 35.6 Å². The Balaban J connectivity index is 2.71. The molecule has 1 heterocycles. The van der Waals surface area contributed by atoms with E-state index in [0.29, 0.717) is 0 Å². The van der Waals surface area contributed by atoms with Crippen LogP contribution in [-0.2, 0) is 0 Å². The summed E-state index contributed by atoms with van der Waals surface area (Å²) in [6, 6.07) is 0. The van der Waals surface area contributed by atoms with Crippen LogP contribution in [0.4, 0.5) is 0 Å². The van der Waals surface area contributed by atoms with Gasteiger partial charge in [0.25, 0.3) is 0 Å². The molecule has 12 heavy (non-hydrogen) atoms. The highest BCUT2D eigenvalue weighted by Crippen LogP contribution is 2.18. The van der Waals surface area contributed by atoms with Gasteiger partial charge in [-0.05, 0) is 32.3 Å². The van der Waals surface area contributed by atoms with E-state index in [9.17, 15) is 0 Å². The fourth-order valence-corrected chi connectivity index (χ4v) is 1.42. The summed E-state index contributed by atoms with van der Waals surface area (Å²) >= 11 is 0. The third-order valence-corrected chi connectivity index (χ3v) is 2.06. The van der Waals surface area contributed by atoms with Crippen molar-refractivity contribution in [1.29, 1.82) is 0 Å². The Morgan fingerprint density at radius 3 is 2.83 bits per heavy atom. The Morgan fingerprint density at radius 1 is 1.33 bits per heavy atom. The summed E-state index contributed by atoms with van der Waals surface area (Å²) in [5.41, 5.74) is 2.74. The summed E-state index contributed by atoms with van der Waals surface area (Å²) < 4.78 is 0. The van der Waals surface area contributed by atoms with Gasteiger partial charge < -0.3 is 5.32 Å². The highest BCUT2D eigenvalue weighted by atomic mass is 14.9. The van der Waals surface area contributed by atoms with Crippen molar-refractivity contribution < 1.29 is 0 Å². The molecule has 1 aliphatic heterocycles. The normalized spacial score (nSPS) is 25.2. The molecule has 1 nitrogen and oxygen atoms in total. The largest absolute Gasteiger partial charge is 0.385 e. The second-order valence-electron chi connectivity index (χ2n) is 2.95. The highest BCUT2D eigenvalue weighted by Gasteiger charge is 2.07. The summed E-state index contributed by atoms with van der Waals surface area (Å²) in [6.45, 7) is 5.24. The summed E-state index contributed by atoms with van der Waals surface area (Å²) in [5.74, 6) is 0. The zero-order valence-corrected chi connectivity index (χ0v) is 7.93. The van der Waals surface area contributed by atoms with Crippen molar-refractivity contribution in [3.63, 3.8) is 0 Å². The molecule has 1 aliphatic rings. The third-order valence-electron chi connectivity index (χ3n) is 2.06. The summed E-state index contributed by atoms with van der Waals surface area (Å²) in [7, 11) is 0. The summed E-state index contributed by atoms with van der Waals surface area (Å²) in [4.78, 5) is 0. The Labute approximate surface area is 74.9 Å². The molecule has 1 N–H and O–H groups in total. The predicted molar refractivity (Wildman–Crippen MR) is 53.9 cm³/mol. The van der Waals surface area contributed by atoms with E-state index in [1.807, 2.05) is 6.92 Å². The van der Waals surface area contributed by atoms with E-state index in [2.05, 4.69) is 36.5 Å². The molecule has 0 atom stereocenters. The van der Waals surface area contributed by atoms with Crippen molar-refractivity contribution in [2.75, 3.05) is 6.54 Å². The fourth-order valence-electron chi connectivity index (χ4n) is 1.42. The molecule has 0 bridgehead atoms. The van der Waals surface area contributed by atoms with Gasteiger partial charge in [0.1, 0.15) is 0 Å². The smallest absolute Gasteiger partial charge is 0.0329 e. The molecule has 1 rings (SSSR count). The molecule has 0 saturated carbocycles. The van der Waals surface area contributed by atoms with Crippen molar-refractivity contribution in [2.45, 2.75) is 26.7 Å². The molecule has 0 spiro atoms. The van der Waals surface area contributed by atoms with Crippen LogP contribution in [0.3, 0.4) is 0 Å². The molecule has 66 valence electrons. The van der Waals surface area contributed by atoms with Crippen LogP contribution in [0.2, 0.25) is 0 Å². The molecule has 0 aromatic rings. The Hall–Kier alpha value is -0.980. The van der Waals surface area contributed by atoms with Crippen LogP contribution >= 0.6 is 0 Å². The Bertz CT molecular complexity index is 221. The molecule has 0 radical (unpaired) electrons. The van der Waals surface area contributed by atoms with Gasteiger partial charge in [-0.2, -0.15) is 0 Å². The number of rotatable bonds is 1. The van der Waals surface area contributed by atoms with Gasteiger partial charge in [-0.1, -0.05) is 24.3 Å². The average molecular weight is 163 g/mol.